The normalized spacial score (nSPS) is 22.5. The van der Waals surface area contributed by atoms with Gasteiger partial charge in [-0.2, -0.15) is 0 Å². The molecule has 1 fully saturated rings. The lowest BCUT2D eigenvalue weighted by molar-refractivity contribution is -0.108. The summed E-state index contributed by atoms with van der Waals surface area (Å²) in [5.41, 5.74) is 4.12. The smallest absolute Gasteiger partial charge is 0.254 e. The molecule has 12 heavy (non-hydrogen) atoms. The fourth-order valence-corrected chi connectivity index (χ4v) is 1.04. The van der Waals surface area contributed by atoms with Crippen molar-refractivity contribution in [3.63, 3.8) is 0 Å². The van der Waals surface area contributed by atoms with Gasteiger partial charge >= 0.3 is 0 Å². The van der Waals surface area contributed by atoms with Crippen molar-refractivity contribution in [3.05, 3.63) is 0 Å². The van der Waals surface area contributed by atoms with Crippen LogP contribution < -0.4 is 5.73 Å². The molecule has 1 nitrogen and oxygen atoms in total. The first-order valence-corrected chi connectivity index (χ1v) is 4.33. The van der Waals surface area contributed by atoms with Gasteiger partial charge < -0.3 is 5.73 Å². The van der Waals surface area contributed by atoms with Crippen LogP contribution in [0.25, 0.3) is 0 Å². The molecule has 1 rings (SSSR count). The Morgan fingerprint density at radius 2 is 1.67 bits per heavy atom. The highest BCUT2D eigenvalue weighted by Gasteiger charge is 2.52. The minimum atomic E-state index is -2.64. The molecule has 0 aromatic heterocycles. The molecule has 2 N–H and O–H groups in total. The minimum absolute atomic E-state index is 0.163. The summed E-state index contributed by atoms with van der Waals surface area (Å²) < 4.78 is 26.8. The molecule has 0 atom stereocenters. The van der Waals surface area contributed by atoms with Crippen molar-refractivity contribution in [2.24, 2.45) is 11.1 Å². The molecule has 0 bridgehead atoms. The van der Waals surface area contributed by atoms with Gasteiger partial charge in [-0.1, -0.05) is 20.8 Å². The molecular weight excluding hydrogens is 160 g/mol. The molecule has 0 amide bonds. The molecule has 0 aromatic carbocycles. The van der Waals surface area contributed by atoms with E-state index in [1.54, 1.807) is 20.8 Å². The second-order valence-corrected chi connectivity index (χ2v) is 4.99. The molecule has 0 aliphatic heterocycles. The fraction of sp³-hybridized carbons (Fsp3) is 1.00. The van der Waals surface area contributed by atoms with Gasteiger partial charge in [0.15, 0.2) is 0 Å². The zero-order chi connectivity index (χ0) is 9.62. The number of alkyl halides is 2. The van der Waals surface area contributed by atoms with E-state index >= 15 is 0 Å². The van der Waals surface area contributed by atoms with Crippen LogP contribution in [0, 0.1) is 5.41 Å². The van der Waals surface area contributed by atoms with Crippen molar-refractivity contribution in [2.45, 2.75) is 51.5 Å². The Hall–Kier alpha value is -0.180. The molecule has 0 spiro atoms. The predicted molar refractivity (Wildman–Crippen MR) is 45.2 cm³/mol. The van der Waals surface area contributed by atoms with E-state index < -0.39 is 16.9 Å². The lowest BCUT2D eigenvalue weighted by atomic mass is 9.84. The number of halogens is 2. The SMILES string of the molecule is CC(C)(C)C(F)(F)CC1(N)CC1. The van der Waals surface area contributed by atoms with E-state index in [2.05, 4.69) is 0 Å². The van der Waals surface area contributed by atoms with Crippen LogP contribution in [-0.4, -0.2) is 11.5 Å². The van der Waals surface area contributed by atoms with Gasteiger partial charge in [0.1, 0.15) is 0 Å². The Kier molecular flexibility index (Phi) is 1.99. The number of nitrogens with two attached hydrogens (primary N) is 1. The Bertz CT molecular complexity index is 177. The standard InChI is InChI=1S/C9H17F2N/c1-7(2,3)9(10,11)6-8(12)4-5-8/h4-6,12H2,1-3H3. The molecule has 0 unspecified atom stereocenters. The molecule has 1 aliphatic carbocycles. The first-order valence-electron chi connectivity index (χ1n) is 4.33. The molecule has 1 aliphatic rings. The topological polar surface area (TPSA) is 26.0 Å². The summed E-state index contributed by atoms with van der Waals surface area (Å²) in [5.74, 6) is -2.64. The highest BCUT2D eigenvalue weighted by atomic mass is 19.3. The van der Waals surface area contributed by atoms with E-state index in [4.69, 9.17) is 5.73 Å². The maximum atomic E-state index is 13.4. The van der Waals surface area contributed by atoms with Crippen LogP contribution in [0.2, 0.25) is 0 Å². The molecular formula is C9H17F2N. The fourth-order valence-electron chi connectivity index (χ4n) is 1.04. The molecule has 0 radical (unpaired) electrons. The van der Waals surface area contributed by atoms with Gasteiger partial charge in [0.05, 0.1) is 0 Å². The van der Waals surface area contributed by atoms with Crippen LogP contribution in [0.1, 0.15) is 40.0 Å². The Morgan fingerprint density at radius 3 is 1.92 bits per heavy atom. The first kappa shape index (κ1) is 9.90. The molecule has 1 saturated carbocycles. The van der Waals surface area contributed by atoms with Crippen LogP contribution in [0.4, 0.5) is 8.78 Å². The molecule has 72 valence electrons. The maximum Gasteiger partial charge on any atom is 0.254 e. The highest BCUT2D eigenvalue weighted by molar-refractivity contribution is 5.03. The summed E-state index contributed by atoms with van der Waals surface area (Å²) in [6, 6.07) is 0. The Balaban J connectivity index is 2.60. The molecule has 0 heterocycles. The quantitative estimate of drug-likeness (QED) is 0.689. The van der Waals surface area contributed by atoms with E-state index in [1.807, 2.05) is 0 Å². The summed E-state index contributed by atoms with van der Waals surface area (Å²) in [4.78, 5) is 0. The van der Waals surface area contributed by atoms with Crippen molar-refractivity contribution >= 4 is 0 Å². The highest BCUT2D eigenvalue weighted by Crippen LogP contribution is 2.47. The van der Waals surface area contributed by atoms with Gasteiger partial charge in [0.25, 0.3) is 5.92 Å². The Morgan fingerprint density at radius 1 is 1.25 bits per heavy atom. The van der Waals surface area contributed by atoms with Crippen LogP contribution in [0.15, 0.2) is 0 Å². The number of rotatable bonds is 2. The van der Waals surface area contributed by atoms with Crippen molar-refractivity contribution in [1.82, 2.24) is 0 Å². The van der Waals surface area contributed by atoms with Crippen LogP contribution in [-0.2, 0) is 0 Å². The van der Waals surface area contributed by atoms with Gasteiger partial charge in [-0.3, -0.25) is 0 Å². The van der Waals surface area contributed by atoms with E-state index in [-0.39, 0.29) is 6.42 Å². The molecule has 0 saturated heterocycles. The largest absolute Gasteiger partial charge is 0.325 e. The van der Waals surface area contributed by atoms with E-state index in [0.717, 1.165) is 12.8 Å². The van der Waals surface area contributed by atoms with Crippen LogP contribution in [0.5, 0.6) is 0 Å². The van der Waals surface area contributed by atoms with Gasteiger partial charge in [0.2, 0.25) is 0 Å². The van der Waals surface area contributed by atoms with Crippen molar-refractivity contribution in [3.8, 4) is 0 Å². The van der Waals surface area contributed by atoms with Gasteiger partial charge in [-0.25, -0.2) is 8.78 Å². The molecule has 3 heteroatoms. The summed E-state index contributed by atoms with van der Waals surface area (Å²) in [7, 11) is 0. The second kappa shape index (κ2) is 2.41. The summed E-state index contributed by atoms with van der Waals surface area (Å²) in [6.07, 6.45) is 1.33. The van der Waals surface area contributed by atoms with Crippen molar-refractivity contribution in [1.29, 1.82) is 0 Å². The zero-order valence-electron chi connectivity index (χ0n) is 7.95. The minimum Gasteiger partial charge on any atom is -0.325 e. The third kappa shape index (κ3) is 1.94. The number of hydrogen-bond donors (Lipinski definition) is 1. The lowest BCUT2D eigenvalue weighted by Gasteiger charge is -2.32. The molecule has 0 aromatic rings. The monoisotopic (exact) mass is 177 g/mol. The van der Waals surface area contributed by atoms with Crippen LogP contribution >= 0.6 is 0 Å². The zero-order valence-corrected chi connectivity index (χ0v) is 7.95. The predicted octanol–water partition coefficient (Wildman–Crippen LogP) is 2.55. The van der Waals surface area contributed by atoms with Gasteiger partial charge in [0, 0.05) is 17.4 Å². The van der Waals surface area contributed by atoms with E-state index in [1.165, 1.54) is 0 Å². The number of hydrogen-bond acceptors (Lipinski definition) is 1. The van der Waals surface area contributed by atoms with Gasteiger partial charge in [-0.15, -0.1) is 0 Å². The third-order valence-electron chi connectivity index (χ3n) is 2.56. The first-order chi connectivity index (χ1) is 5.16. The van der Waals surface area contributed by atoms with Gasteiger partial charge in [-0.05, 0) is 12.8 Å². The summed E-state index contributed by atoms with van der Waals surface area (Å²) in [5, 5.41) is 0. The van der Waals surface area contributed by atoms with Crippen LogP contribution in [0.3, 0.4) is 0 Å². The van der Waals surface area contributed by atoms with Crippen molar-refractivity contribution in [2.75, 3.05) is 0 Å². The average Bonchev–Trinajstić information content (AvgIpc) is 2.42. The Labute approximate surface area is 72.3 Å². The van der Waals surface area contributed by atoms with E-state index in [9.17, 15) is 8.78 Å². The van der Waals surface area contributed by atoms with Crippen molar-refractivity contribution < 1.29 is 8.78 Å². The summed E-state index contributed by atoms with van der Waals surface area (Å²) in [6.45, 7) is 4.66. The summed E-state index contributed by atoms with van der Waals surface area (Å²) >= 11 is 0. The second-order valence-electron chi connectivity index (χ2n) is 4.99. The maximum absolute atomic E-state index is 13.4. The third-order valence-corrected chi connectivity index (χ3v) is 2.56. The lowest BCUT2D eigenvalue weighted by Crippen LogP contribution is -2.41. The average molecular weight is 177 g/mol. The van der Waals surface area contributed by atoms with E-state index in [0.29, 0.717) is 0 Å².